The molecule has 1 saturated heterocycles. The van der Waals surface area contributed by atoms with Gasteiger partial charge in [-0.2, -0.15) is 8.42 Å². The third kappa shape index (κ3) is 3.93. The minimum Gasteiger partial charge on any atom is -0.450 e. The minimum absolute atomic E-state index is 0.165. The Morgan fingerprint density at radius 3 is 2.56 bits per heavy atom. The number of carboxylic acid groups (broad SMARTS) is 1. The van der Waals surface area contributed by atoms with Crippen molar-refractivity contribution in [2.24, 2.45) is 5.92 Å². The monoisotopic (exact) mass is 256 g/mol. The predicted molar refractivity (Wildman–Crippen MR) is 49.3 cm³/mol. The van der Waals surface area contributed by atoms with Crippen molar-refractivity contribution in [3.05, 3.63) is 0 Å². The molecule has 0 radical (unpaired) electrons. The van der Waals surface area contributed by atoms with Gasteiger partial charge in [0.05, 0.1) is 13.2 Å². The van der Waals surface area contributed by atoms with Crippen LogP contribution in [0.25, 0.3) is 0 Å². The first kappa shape index (κ1) is 13.2. The van der Waals surface area contributed by atoms with Gasteiger partial charge in [-0.25, -0.2) is 8.98 Å². The summed E-state index contributed by atoms with van der Waals surface area (Å²) in [4.78, 5) is 10.4. The second-order valence-corrected chi connectivity index (χ2v) is 4.47. The lowest BCUT2D eigenvalue weighted by Crippen LogP contribution is -2.47. The normalized spacial score (nSPS) is 31.0. The van der Waals surface area contributed by atoms with Crippen LogP contribution in [0.4, 0.5) is 4.79 Å². The molecule has 1 heterocycles. The molecule has 0 aliphatic carbocycles. The summed E-state index contributed by atoms with van der Waals surface area (Å²) in [7, 11) is -4.67. The molecule has 1 unspecified atom stereocenters. The molecule has 0 saturated carbocycles. The van der Waals surface area contributed by atoms with Gasteiger partial charge >= 0.3 is 16.6 Å². The molecule has 94 valence electrons. The maximum atomic E-state index is 10.5. The van der Waals surface area contributed by atoms with Crippen LogP contribution in [0.1, 0.15) is 6.92 Å². The van der Waals surface area contributed by atoms with Gasteiger partial charge in [0.2, 0.25) is 0 Å². The zero-order chi connectivity index (χ0) is 12.3. The molecule has 1 fully saturated rings. The van der Waals surface area contributed by atoms with Gasteiger partial charge in [0.25, 0.3) is 0 Å². The summed E-state index contributed by atoms with van der Waals surface area (Å²) in [5.41, 5.74) is 0. The summed E-state index contributed by atoms with van der Waals surface area (Å²) in [5, 5.41) is 8.47. The molecule has 1 rings (SSSR count). The van der Waals surface area contributed by atoms with Crippen molar-refractivity contribution < 1.29 is 36.5 Å². The zero-order valence-electron chi connectivity index (χ0n) is 8.40. The number of carbonyl (C=O) groups is 1. The van der Waals surface area contributed by atoms with Crippen molar-refractivity contribution in [1.29, 1.82) is 0 Å². The highest BCUT2D eigenvalue weighted by atomic mass is 32.3. The molecule has 0 aromatic carbocycles. The fourth-order valence-electron chi connectivity index (χ4n) is 1.47. The van der Waals surface area contributed by atoms with E-state index in [2.05, 4.69) is 8.92 Å². The quantitative estimate of drug-likeness (QED) is 0.530. The second-order valence-electron chi connectivity index (χ2n) is 3.43. The van der Waals surface area contributed by atoms with Gasteiger partial charge in [-0.15, -0.1) is 0 Å². The maximum absolute atomic E-state index is 10.5. The van der Waals surface area contributed by atoms with E-state index in [1.807, 2.05) is 0 Å². The summed E-state index contributed by atoms with van der Waals surface area (Å²) in [6.45, 7) is 1.68. The van der Waals surface area contributed by atoms with Crippen LogP contribution < -0.4 is 0 Å². The highest BCUT2D eigenvalue weighted by molar-refractivity contribution is 7.80. The van der Waals surface area contributed by atoms with Gasteiger partial charge in [0, 0.05) is 5.92 Å². The molecular weight excluding hydrogens is 244 g/mol. The van der Waals surface area contributed by atoms with Crippen LogP contribution in [0, 0.1) is 5.92 Å². The Morgan fingerprint density at radius 2 is 2.06 bits per heavy atom. The van der Waals surface area contributed by atoms with Crippen LogP contribution in [0.15, 0.2) is 0 Å². The average molecular weight is 256 g/mol. The molecule has 0 amide bonds. The molecule has 16 heavy (non-hydrogen) atoms. The maximum Gasteiger partial charge on any atom is 0.506 e. The van der Waals surface area contributed by atoms with Crippen LogP contribution in [0.2, 0.25) is 0 Å². The molecule has 1 aliphatic rings. The van der Waals surface area contributed by atoms with Gasteiger partial charge in [0.1, 0.15) is 12.2 Å². The summed E-state index contributed by atoms with van der Waals surface area (Å²) >= 11 is 0. The Hall–Kier alpha value is -0.900. The SMILES string of the molecule is C[C@H]1COCC(OS(=O)(=O)O)[C@@H]1OC(=O)O. The number of hydrogen-bond acceptors (Lipinski definition) is 6. The highest BCUT2D eigenvalue weighted by Crippen LogP contribution is 2.21. The van der Waals surface area contributed by atoms with Gasteiger partial charge in [-0.1, -0.05) is 6.92 Å². The van der Waals surface area contributed by atoms with E-state index < -0.39 is 28.8 Å². The van der Waals surface area contributed by atoms with Crippen molar-refractivity contribution in [3.63, 3.8) is 0 Å². The smallest absolute Gasteiger partial charge is 0.450 e. The Balaban J connectivity index is 2.74. The lowest BCUT2D eigenvalue weighted by atomic mass is 9.98. The zero-order valence-corrected chi connectivity index (χ0v) is 9.21. The summed E-state index contributed by atoms with van der Waals surface area (Å²) in [6, 6.07) is 0. The van der Waals surface area contributed by atoms with Gasteiger partial charge in [-0.3, -0.25) is 4.55 Å². The standard InChI is InChI=1S/C7H12O8S/c1-4-2-13-3-5(15-16(10,11)12)6(4)14-7(8)9/h4-6H,2-3H2,1H3,(H,8,9)(H,10,11,12)/t4-,5?,6+/m0/s1. The van der Waals surface area contributed by atoms with Gasteiger partial charge in [-0.05, 0) is 0 Å². The Labute approximate surface area is 92.1 Å². The van der Waals surface area contributed by atoms with E-state index in [4.69, 9.17) is 14.4 Å². The molecule has 8 nitrogen and oxygen atoms in total. The van der Waals surface area contributed by atoms with Crippen molar-refractivity contribution in [3.8, 4) is 0 Å². The first-order chi connectivity index (χ1) is 7.29. The van der Waals surface area contributed by atoms with E-state index in [1.54, 1.807) is 6.92 Å². The molecule has 0 bridgehead atoms. The molecule has 0 aromatic rings. The Kier molecular flexibility index (Phi) is 4.08. The van der Waals surface area contributed by atoms with Gasteiger partial charge in [0.15, 0.2) is 0 Å². The van der Waals surface area contributed by atoms with Crippen molar-refractivity contribution in [2.45, 2.75) is 19.1 Å². The molecule has 2 N–H and O–H groups in total. The largest absolute Gasteiger partial charge is 0.506 e. The summed E-state index contributed by atoms with van der Waals surface area (Å²) in [6.07, 6.45) is -3.70. The highest BCUT2D eigenvalue weighted by Gasteiger charge is 2.38. The van der Waals surface area contributed by atoms with E-state index in [0.29, 0.717) is 0 Å². The van der Waals surface area contributed by atoms with Crippen LogP contribution in [-0.2, 0) is 24.1 Å². The molecule has 9 heteroatoms. The van der Waals surface area contributed by atoms with E-state index in [9.17, 15) is 13.2 Å². The van der Waals surface area contributed by atoms with Gasteiger partial charge < -0.3 is 14.6 Å². The second kappa shape index (κ2) is 4.95. The summed E-state index contributed by atoms with van der Waals surface area (Å²) < 4.78 is 43.3. The number of rotatable bonds is 3. The number of ether oxygens (including phenoxy) is 2. The van der Waals surface area contributed by atoms with Crippen LogP contribution in [0.5, 0.6) is 0 Å². The molecule has 3 atom stereocenters. The van der Waals surface area contributed by atoms with Crippen molar-refractivity contribution >= 4 is 16.6 Å². The topological polar surface area (TPSA) is 119 Å². The first-order valence-corrected chi connectivity index (χ1v) is 5.79. The Bertz CT molecular complexity index is 349. The van der Waals surface area contributed by atoms with E-state index in [0.717, 1.165) is 0 Å². The van der Waals surface area contributed by atoms with Crippen LogP contribution in [0.3, 0.4) is 0 Å². The van der Waals surface area contributed by atoms with E-state index in [1.165, 1.54) is 0 Å². The lowest BCUT2D eigenvalue weighted by molar-refractivity contribution is -0.116. The molecular formula is C7H12O8S. The molecule has 0 aromatic heterocycles. The fraction of sp³-hybridized carbons (Fsp3) is 0.857. The van der Waals surface area contributed by atoms with Crippen molar-refractivity contribution in [2.75, 3.05) is 13.2 Å². The van der Waals surface area contributed by atoms with Crippen LogP contribution >= 0.6 is 0 Å². The third-order valence-electron chi connectivity index (χ3n) is 2.07. The predicted octanol–water partition coefficient (Wildman–Crippen LogP) is -0.0961. The Morgan fingerprint density at radius 1 is 1.44 bits per heavy atom. The lowest BCUT2D eigenvalue weighted by Gasteiger charge is -2.33. The summed E-state index contributed by atoms with van der Waals surface area (Å²) in [5.74, 6) is -0.364. The molecule has 1 aliphatic heterocycles. The van der Waals surface area contributed by atoms with Crippen LogP contribution in [-0.4, -0.2) is 49.7 Å². The first-order valence-electron chi connectivity index (χ1n) is 4.42. The molecule has 0 spiro atoms. The van der Waals surface area contributed by atoms with E-state index in [-0.39, 0.29) is 19.1 Å². The fourth-order valence-corrected chi connectivity index (χ4v) is 1.95. The average Bonchev–Trinajstić information content (AvgIpc) is 2.08. The van der Waals surface area contributed by atoms with E-state index >= 15 is 0 Å². The minimum atomic E-state index is -4.67. The van der Waals surface area contributed by atoms with Crippen molar-refractivity contribution in [1.82, 2.24) is 0 Å². The third-order valence-corrected chi connectivity index (χ3v) is 2.56. The number of hydrogen-bond donors (Lipinski definition) is 2.